The third-order valence-corrected chi connectivity index (χ3v) is 3.23. The van der Waals surface area contributed by atoms with E-state index in [9.17, 15) is 0 Å². The second kappa shape index (κ2) is 4.45. The van der Waals surface area contributed by atoms with Crippen molar-refractivity contribution in [2.24, 2.45) is 5.41 Å². The maximum Gasteiger partial charge on any atom is -0.0122 e. The number of hydrogen-bond acceptors (Lipinski definition) is 0. The minimum absolute atomic E-state index is 0.334. The third-order valence-electron chi connectivity index (χ3n) is 3.23. The number of allylic oxidation sites excluding steroid dienone is 2. The molecule has 0 nitrogen and oxygen atoms in total. The zero-order valence-corrected chi connectivity index (χ0v) is 10.7. The molecule has 16 heavy (non-hydrogen) atoms. The molecule has 0 heterocycles. The molecule has 0 N–H and O–H groups in total. The Kier molecular flexibility index (Phi) is 3.18. The fourth-order valence-electron chi connectivity index (χ4n) is 2.63. The molecule has 0 spiro atoms. The van der Waals surface area contributed by atoms with Gasteiger partial charge in [-0.05, 0) is 36.2 Å². The molecule has 0 heteroatoms. The summed E-state index contributed by atoms with van der Waals surface area (Å²) in [4.78, 5) is 0. The van der Waals surface area contributed by atoms with Crippen LogP contribution >= 0.6 is 0 Å². The summed E-state index contributed by atoms with van der Waals surface area (Å²) in [6.07, 6.45) is 6.35. The first kappa shape index (κ1) is 11.4. The van der Waals surface area contributed by atoms with E-state index in [1.807, 2.05) is 0 Å². The van der Waals surface area contributed by atoms with Crippen LogP contribution < -0.4 is 0 Å². The molecule has 0 amide bonds. The Bertz CT molecular complexity index is 365. The average molecular weight is 214 g/mol. The molecule has 1 aliphatic rings. The van der Waals surface area contributed by atoms with E-state index >= 15 is 0 Å². The standard InChI is InChI=1S/C16H22/c1-16(2,3)12-13-9-10-15(11-13)14-7-5-4-6-8-14/h4-8,12,15H,9-11H2,1-3H3/b13-12+. The quantitative estimate of drug-likeness (QED) is 0.582. The second-order valence-electron chi connectivity index (χ2n) is 6.02. The summed E-state index contributed by atoms with van der Waals surface area (Å²) >= 11 is 0. The topological polar surface area (TPSA) is 0 Å². The van der Waals surface area contributed by atoms with Gasteiger partial charge in [0.25, 0.3) is 0 Å². The van der Waals surface area contributed by atoms with Crippen LogP contribution in [0.5, 0.6) is 0 Å². The molecule has 1 aromatic rings. The number of benzene rings is 1. The van der Waals surface area contributed by atoms with E-state index in [1.165, 1.54) is 24.8 Å². The van der Waals surface area contributed by atoms with Crippen LogP contribution in [0.15, 0.2) is 42.0 Å². The van der Waals surface area contributed by atoms with Crippen LogP contribution in [-0.4, -0.2) is 0 Å². The summed E-state index contributed by atoms with van der Waals surface area (Å²) in [5.74, 6) is 0.759. The molecule has 86 valence electrons. The van der Waals surface area contributed by atoms with E-state index in [2.05, 4.69) is 57.2 Å². The summed E-state index contributed by atoms with van der Waals surface area (Å²) in [6, 6.07) is 10.9. The van der Waals surface area contributed by atoms with Crippen molar-refractivity contribution < 1.29 is 0 Å². The molecular weight excluding hydrogens is 192 g/mol. The molecule has 0 aromatic heterocycles. The molecule has 0 bridgehead atoms. The summed E-state index contributed by atoms with van der Waals surface area (Å²) in [5, 5.41) is 0. The van der Waals surface area contributed by atoms with Gasteiger partial charge in [-0.2, -0.15) is 0 Å². The fourth-order valence-corrected chi connectivity index (χ4v) is 2.63. The van der Waals surface area contributed by atoms with Crippen molar-refractivity contribution in [3.63, 3.8) is 0 Å². The van der Waals surface area contributed by atoms with E-state index in [4.69, 9.17) is 0 Å². The number of hydrogen-bond donors (Lipinski definition) is 0. The van der Waals surface area contributed by atoms with Crippen molar-refractivity contribution in [3.05, 3.63) is 47.5 Å². The maximum atomic E-state index is 2.47. The molecule has 2 rings (SSSR count). The van der Waals surface area contributed by atoms with Gasteiger partial charge in [-0.3, -0.25) is 0 Å². The molecule has 1 atom stereocenters. The van der Waals surface area contributed by atoms with Crippen molar-refractivity contribution in [3.8, 4) is 0 Å². The van der Waals surface area contributed by atoms with Gasteiger partial charge in [0.2, 0.25) is 0 Å². The largest absolute Gasteiger partial charge is 0.0799 e. The Labute approximate surface area is 99.4 Å². The lowest BCUT2D eigenvalue weighted by atomic mass is 9.92. The average Bonchev–Trinajstić information content (AvgIpc) is 2.65. The Hall–Kier alpha value is -1.04. The minimum atomic E-state index is 0.334. The fraction of sp³-hybridized carbons (Fsp3) is 0.500. The highest BCUT2D eigenvalue weighted by atomic mass is 14.3. The Balaban J connectivity index is 2.07. The van der Waals surface area contributed by atoms with Gasteiger partial charge in [0, 0.05) is 0 Å². The van der Waals surface area contributed by atoms with E-state index in [0.717, 1.165) is 5.92 Å². The summed E-state index contributed by atoms with van der Waals surface area (Å²) in [7, 11) is 0. The summed E-state index contributed by atoms with van der Waals surface area (Å²) in [6.45, 7) is 6.86. The predicted molar refractivity (Wildman–Crippen MR) is 70.6 cm³/mol. The van der Waals surface area contributed by atoms with E-state index < -0.39 is 0 Å². The van der Waals surface area contributed by atoms with Gasteiger partial charge in [0.05, 0.1) is 0 Å². The molecular formula is C16H22. The zero-order chi connectivity index (χ0) is 11.6. The Morgan fingerprint density at radius 3 is 2.44 bits per heavy atom. The van der Waals surface area contributed by atoms with Crippen LogP contribution in [0, 0.1) is 5.41 Å². The molecule has 1 aliphatic carbocycles. The van der Waals surface area contributed by atoms with Gasteiger partial charge in [-0.1, -0.05) is 62.8 Å². The van der Waals surface area contributed by atoms with Gasteiger partial charge in [0.15, 0.2) is 0 Å². The SMILES string of the molecule is CC(C)(C)/C=C1\CCC(c2ccccc2)C1. The van der Waals surface area contributed by atoms with E-state index in [-0.39, 0.29) is 0 Å². The summed E-state index contributed by atoms with van der Waals surface area (Å²) in [5.41, 5.74) is 3.50. The maximum absolute atomic E-state index is 2.47. The van der Waals surface area contributed by atoms with Crippen molar-refractivity contribution in [1.82, 2.24) is 0 Å². The van der Waals surface area contributed by atoms with E-state index in [1.54, 1.807) is 5.57 Å². The molecule has 1 aromatic carbocycles. The van der Waals surface area contributed by atoms with Crippen molar-refractivity contribution in [2.45, 2.75) is 46.0 Å². The minimum Gasteiger partial charge on any atom is -0.0799 e. The molecule has 1 fully saturated rings. The van der Waals surface area contributed by atoms with Crippen LogP contribution in [0.1, 0.15) is 51.5 Å². The van der Waals surface area contributed by atoms with Crippen LogP contribution in [0.4, 0.5) is 0 Å². The smallest absolute Gasteiger partial charge is 0.0122 e. The Morgan fingerprint density at radius 2 is 1.81 bits per heavy atom. The first-order valence-corrected chi connectivity index (χ1v) is 6.30. The normalized spacial score (nSPS) is 23.9. The third kappa shape index (κ3) is 2.98. The van der Waals surface area contributed by atoms with Crippen molar-refractivity contribution in [1.29, 1.82) is 0 Å². The molecule has 0 radical (unpaired) electrons. The van der Waals surface area contributed by atoms with Gasteiger partial charge in [-0.15, -0.1) is 0 Å². The highest BCUT2D eigenvalue weighted by molar-refractivity contribution is 5.25. The van der Waals surface area contributed by atoms with Crippen LogP contribution in [-0.2, 0) is 0 Å². The first-order chi connectivity index (χ1) is 7.54. The molecule has 1 unspecified atom stereocenters. The monoisotopic (exact) mass is 214 g/mol. The predicted octanol–water partition coefficient (Wildman–Crippen LogP) is 4.93. The highest BCUT2D eigenvalue weighted by Crippen LogP contribution is 2.39. The lowest BCUT2D eigenvalue weighted by Gasteiger charge is -2.14. The van der Waals surface area contributed by atoms with Crippen LogP contribution in [0.25, 0.3) is 0 Å². The van der Waals surface area contributed by atoms with Gasteiger partial charge >= 0.3 is 0 Å². The van der Waals surface area contributed by atoms with E-state index in [0.29, 0.717) is 5.41 Å². The van der Waals surface area contributed by atoms with Gasteiger partial charge < -0.3 is 0 Å². The second-order valence-corrected chi connectivity index (χ2v) is 6.02. The molecule has 0 aliphatic heterocycles. The lowest BCUT2D eigenvalue weighted by Crippen LogP contribution is -2.00. The van der Waals surface area contributed by atoms with Crippen LogP contribution in [0.2, 0.25) is 0 Å². The van der Waals surface area contributed by atoms with Crippen molar-refractivity contribution in [2.75, 3.05) is 0 Å². The zero-order valence-electron chi connectivity index (χ0n) is 10.7. The molecule has 1 saturated carbocycles. The number of rotatable bonds is 1. The highest BCUT2D eigenvalue weighted by Gasteiger charge is 2.22. The Morgan fingerprint density at radius 1 is 1.12 bits per heavy atom. The molecule has 0 saturated heterocycles. The lowest BCUT2D eigenvalue weighted by molar-refractivity contribution is 0.537. The van der Waals surface area contributed by atoms with Gasteiger partial charge in [0.1, 0.15) is 0 Å². The van der Waals surface area contributed by atoms with Crippen molar-refractivity contribution >= 4 is 0 Å². The summed E-state index contributed by atoms with van der Waals surface area (Å²) < 4.78 is 0. The van der Waals surface area contributed by atoms with Gasteiger partial charge in [-0.25, -0.2) is 0 Å². The van der Waals surface area contributed by atoms with Crippen LogP contribution in [0.3, 0.4) is 0 Å². The first-order valence-electron chi connectivity index (χ1n) is 6.30.